The van der Waals surface area contributed by atoms with E-state index in [1.807, 2.05) is 0 Å². The van der Waals surface area contributed by atoms with Gasteiger partial charge in [-0.25, -0.2) is 83.4 Å². The van der Waals surface area contributed by atoms with Crippen LogP contribution < -0.4 is 0 Å². The van der Waals surface area contributed by atoms with Gasteiger partial charge in [-0.2, -0.15) is 0 Å². The third-order valence-electron chi connectivity index (χ3n) is 8.78. The molecule has 4 aromatic rings. The summed E-state index contributed by atoms with van der Waals surface area (Å²) in [5.41, 5.74) is -8.61. The summed E-state index contributed by atoms with van der Waals surface area (Å²) in [6.07, 6.45) is 0. The second-order valence-electron chi connectivity index (χ2n) is 11.0. The largest absolute Gasteiger partial charge is 0.283 e. The molecule has 0 bridgehead atoms. The second kappa shape index (κ2) is 13.0. The third-order valence-corrected chi connectivity index (χ3v) is 13.1. The van der Waals surface area contributed by atoms with Crippen LogP contribution in [0.3, 0.4) is 0 Å². The maximum absolute atomic E-state index is 15.6. The van der Waals surface area contributed by atoms with Crippen molar-refractivity contribution in [1.29, 1.82) is 0 Å². The van der Waals surface area contributed by atoms with Crippen LogP contribution in [0, 0.1) is 111 Å². The van der Waals surface area contributed by atoms with Gasteiger partial charge in [0.15, 0.2) is 93.1 Å². The van der Waals surface area contributed by atoms with E-state index < -0.39 is 174 Å². The summed E-state index contributed by atoms with van der Waals surface area (Å²) in [5.74, 6) is -60.7. The van der Waals surface area contributed by atoms with E-state index in [1.54, 1.807) is 0 Å². The van der Waals surface area contributed by atoms with Crippen LogP contribution in [0.1, 0.15) is 50.6 Å². The standard InChI is InChI=1S/C28H5F19.C2H5.Al/c29-8-2-4(11(30)19(38)14(8)33)1-5(9-15(34)22(41)27(46)23(42)16(9)35)6(10-17(36)24(43)28(47)25(44)18(10)37)3-7-12(31)20(39)26(45)21(40)13(7)32;1-2;/h1-3,5-6H;1H2,2H3;. The summed E-state index contributed by atoms with van der Waals surface area (Å²) < 4.78 is 276. The number of rotatable bonds is 5. The van der Waals surface area contributed by atoms with Crippen molar-refractivity contribution in [3.05, 3.63) is 139 Å². The Bertz CT molecular complexity index is 2010. The van der Waals surface area contributed by atoms with Crippen LogP contribution in [0.15, 0.2) is 6.07 Å². The molecule has 0 radical (unpaired) electrons. The van der Waals surface area contributed by atoms with E-state index in [1.165, 1.54) is 0 Å². The van der Waals surface area contributed by atoms with Crippen molar-refractivity contribution < 1.29 is 83.4 Å². The first kappa shape index (κ1) is 37.3. The third kappa shape index (κ3) is 5.15. The van der Waals surface area contributed by atoms with Crippen LogP contribution in [-0.4, -0.2) is 14.1 Å². The molecule has 0 aliphatic carbocycles. The molecule has 0 aromatic heterocycles. The fourth-order valence-electron chi connectivity index (χ4n) is 6.82. The Morgan fingerprint density at radius 1 is 0.360 bits per heavy atom. The van der Waals surface area contributed by atoms with Crippen molar-refractivity contribution in [1.82, 2.24) is 0 Å². The Hall–Kier alpha value is -3.92. The van der Waals surface area contributed by atoms with E-state index in [0.717, 1.165) is 6.92 Å². The Morgan fingerprint density at radius 2 is 0.640 bits per heavy atom. The molecule has 4 atom stereocenters. The van der Waals surface area contributed by atoms with Gasteiger partial charge >= 0.3 is 0 Å². The molecule has 0 amide bonds. The summed E-state index contributed by atoms with van der Waals surface area (Å²) in [7, 11) is 0. The molecule has 0 N–H and O–H groups in total. The second-order valence-corrected chi connectivity index (χ2v) is 14.6. The molecule has 266 valence electrons. The Labute approximate surface area is 270 Å². The fraction of sp³-hybridized carbons (Fsp3) is 0.200. The molecular weight excluding hydrogens is 748 g/mol. The predicted molar refractivity (Wildman–Crippen MR) is 132 cm³/mol. The van der Waals surface area contributed by atoms with Crippen LogP contribution in [-0.2, 0) is 0 Å². The van der Waals surface area contributed by atoms with Crippen molar-refractivity contribution in [3.63, 3.8) is 0 Å². The minimum atomic E-state index is -4.54. The van der Waals surface area contributed by atoms with Crippen molar-refractivity contribution in [2.24, 2.45) is 0 Å². The molecule has 0 saturated carbocycles. The smallest absolute Gasteiger partial charge is 0.204 e. The number of hydrogen-bond donors (Lipinski definition) is 0. The van der Waals surface area contributed by atoms with Gasteiger partial charge in [-0.15, -0.1) is 0 Å². The summed E-state index contributed by atoms with van der Waals surface area (Å²) in [6.45, 7) is 0.883. The maximum atomic E-state index is 15.6. The summed E-state index contributed by atoms with van der Waals surface area (Å²) in [6, 6.07) is -0.302. The highest BCUT2D eigenvalue weighted by Crippen LogP contribution is 2.63. The summed E-state index contributed by atoms with van der Waals surface area (Å²) in [4.78, 5) is 0. The van der Waals surface area contributed by atoms with E-state index in [9.17, 15) is 52.7 Å². The van der Waals surface area contributed by atoms with Gasteiger partial charge in [0, 0.05) is 16.7 Å². The lowest BCUT2D eigenvalue weighted by atomic mass is 9.73. The van der Waals surface area contributed by atoms with Crippen molar-refractivity contribution in [2.45, 2.75) is 33.6 Å². The quantitative estimate of drug-likeness (QED) is 0.0823. The van der Waals surface area contributed by atoms with Gasteiger partial charge in [-0.1, -0.05) is 12.2 Å². The Morgan fingerprint density at radius 3 is 0.980 bits per heavy atom. The molecule has 0 spiro atoms. The monoisotopic (exact) mass is 758 g/mol. The molecule has 0 nitrogen and oxygen atoms in total. The van der Waals surface area contributed by atoms with E-state index in [-0.39, 0.29) is 6.07 Å². The van der Waals surface area contributed by atoms with Crippen LogP contribution in [0.4, 0.5) is 83.4 Å². The SMILES string of the molecule is C[CH2][Al]1[CH](c2cc(F)c(F)c(F)c2F)C(c2c(F)c(F)c(F)c(F)c2F)C(c2c(F)c(F)c(F)c(F)c2F)[CH]1c1c(F)c(F)c(F)c(F)c1F. The molecule has 5 rings (SSSR count). The number of halogens is 19. The minimum absolute atomic E-state index is 0.302. The predicted octanol–water partition coefficient (Wildman–Crippen LogP) is 10.4. The van der Waals surface area contributed by atoms with Crippen molar-refractivity contribution in [3.8, 4) is 0 Å². The molecule has 1 aliphatic rings. The number of hydrogen-bond acceptors (Lipinski definition) is 0. The lowest BCUT2D eigenvalue weighted by Crippen LogP contribution is -2.29. The lowest BCUT2D eigenvalue weighted by molar-refractivity contribution is 0.335. The van der Waals surface area contributed by atoms with Gasteiger partial charge in [0.25, 0.3) is 14.1 Å². The first-order valence-corrected chi connectivity index (χ1v) is 15.8. The zero-order valence-corrected chi connectivity index (χ0v) is 25.0. The minimum Gasteiger partial charge on any atom is -0.204 e. The van der Waals surface area contributed by atoms with Crippen LogP contribution in [0.25, 0.3) is 0 Å². The Balaban J connectivity index is 2.10. The van der Waals surface area contributed by atoms with Gasteiger partial charge in [0.05, 0.1) is 0 Å². The maximum Gasteiger partial charge on any atom is 0.283 e. The molecule has 4 aromatic carbocycles. The Kier molecular flexibility index (Phi) is 9.71. The first-order valence-electron chi connectivity index (χ1n) is 13.6. The van der Waals surface area contributed by atoms with E-state index >= 15 is 30.7 Å². The fourth-order valence-corrected chi connectivity index (χ4v) is 11.6. The van der Waals surface area contributed by atoms with Crippen LogP contribution in [0.2, 0.25) is 5.28 Å². The van der Waals surface area contributed by atoms with E-state index in [4.69, 9.17) is 0 Å². The first-order chi connectivity index (χ1) is 23.2. The average Bonchev–Trinajstić information content (AvgIpc) is 3.40. The van der Waals surface area contributed by atoms with Gasteiger partial charge in [-0.05, 0) is 33.0 Å². The van der Waals surface area contributed by atoms with Gasteiger partial charge in [0.1, 0.15) is 0 Å². The molecule has 1 aliphatic heterocycles. The van der Waals surface area contributed by atoms with Crippen LogP contribution >= 0.6 is 0 Å². The van der Waals surface area contributed by atoms with E-state index in [2.05, 4.69) is 0 Å². The van der Waals surface area contributed by atoms with Crippen LogP contribution in [0.5, 0.6) is 0 Å². The highest BCUT2D eigenvalue weighted by Gasteiger charge is 2.60. The normalized spacial score (nSPS) is 19.2. The molecule has 50 heavy (non-hydrogen) atoms. The van der Waals surface area contributed by atoms with E-state index in [0.29, 0.717) is 0 Å². The molecule has 1 fully saturated rings. The molecule has 1 heterocycles. The summed E-state index contributed by atoms with van der Waals surface area (Å²) >= 11 is -4.54. The molecule has 4 unspecified atom stereocenters. The highest BCUT2D eigenvalue weighted by molar-refractivity contribution is 6.63. The molecule has 1 saturated heterocycles. The van der Waals surface area contributed by atoms with Gasteiger partial charge in [-0.3, -0.25) is 0 Å². The topological polar surface area (TPSA) is 0 Å². The number of benzene rings is 4. The zero-order chi connectivity index (χ0) is 37.6. The van der Waals surface area contributed by atoms with Crippen molar-refractivity contribution in [2.75, 3.05) is 0 Å². The van der Waals surface area contributed by atoms with Gasteiger partial charge < -0.3 is 0 Å². The van der Waals surface area contributed by atoms with Crippen molar-refractivity contribution >= 4 is 14.1 Å². The lowest BCUT2D eigenvalue weighted by Gasteiger charge is -2.31. The average molecular weight is 758 g/mol. The zero-order valence-electron chi connectivity index (χ0n) is 23.9. The molecule has 20 heteroatoms. The highest BCUT2D eigenvalue weighted by atomic mass is 27.2. The summed E-state index contributed by atoms with van der Waals surface area (Å²) in [5, 5.41) is -0.896. The van der Waals surface area contributed by atoms with Gasteiger partial charge in [0.2, 0.25) is 17.5 Å². The molecular formula is C30H10AlF19.